The Labute approximate surface area is 171 Å². The molecule has 0 saturated carbocycles. The second-order valence-corrected chi connectivity index (χ2v) is 7.41. The summed E-state index contributed by atoms with van der Waals surface area (Å²) in [5, 5.41) is 3.33. The summed E-state index contributed by atoms with van der Waals surface area (Å²) in [6, 6.07) is 24.2. The van der Waals surface area contributed by atoms with Crippen molar-refractivity contribution < 1.29 is 9.21 Å². The van der Waals surface area contributed by atoms with Crippen LogP contribution in [0, 0.1) is 0 Å². The molecule has 29 heavy (non-hydrogen) atoms. The number of hydrogen-bond acceptors (Lipinski definition) is 5. The number of anilines is 1. The molecule has 1 heterocycles. The Kier molecular flexibility index (Phi) is 5.72. The number of hydrogen-bond donors (Lipinski definition) is 1. The van der Waals surface area contributed by atoms with E-state index in [1.165, 1.54) is 5.56 Å². The third-order valence-electron chi connectivity index (χ3n) is 4.30. The summed E-state index contributed by atoms with van der Waals surface area (Å²) in [7, 11) is 0. The molecule has 6 heteroatoms. The van der Waals surface area contributed by atoms with Gasteiger partial charge >= 0.3 is 5.63 Å². The lowest BCUT2D eigenvalue weighted by atomic mass is 10.2. The summed E-state index contributed by atoms with van der Waals surface area (Å²) in [4.78, 5) is 28.7. The molecule has 0 aliphatic carbocycles. The van der Waals surface area contributed by atoms with Gasteiger partial charge in [-0.15, -0.1) is 11.8 Å². The van der Waals surface area contributed by atoms with Crippen LogP contribution in [0.25, 0.3) is 22.4 Å². The average Bonchev–Trinajstić information content (AvgIpc) is 2.75. The Morgan fingerprint density at radius 2 is 1.66 bits per heavy atom. The SMILES string of the molecule is O=C(CSCc1ccccc1)Nc1ccc(-c2nc3ccccc3c(=O)o2)cc1. The van der Waals surface area contributed by atoms with Crippen molar-refractivity contribution in [1.29, 1.82) is 0 Å². The molecule has 1 aromatic heterocycles. The maximum atomic E-state index is 12.1. The monoisotopic (exact) mass is 402 g/mol. The van der Waals surface area contributed by atoms with E-state index in [0.717, 1.165) is 5.75 Å². The maximum absolute atomic E-state index is 12.1. The lowest BCUT2D eigenvalue weighted by Gasteiger charge is -2.07. The number of fused-ring (bicyclic) bond motifs is 1. The Hall–Kier alpha value is -3.38. The van der Waals surface area contributed by atoms with Gasteiger partial charge in [0.2, 0.25) is 11.8 Å². The van der Waals surface area contributed by atoms with Gasteiger partial charge in [0, 0.05) is 17.0 Å². The lowest BCUT2D eigenvalue weighted by Crippen LogP contribution is -2.14. The summed E-state index contributed by atoms with van der Waals surface area (Å²) in [6.45, 7) is 0. The first-order chi connectivity index (χ1) is 14.2. The van der Waals surface area contributed by atoms with E-state index in [2.05, 4.69) is 10.3 Å². The minimum absolute atomic E-state index is 0.0611. The number of para-hydroxylation sites is 1. The molecule has 0 radical (unpaired) electrons. The predicted molar refractivity (Wildman–Crippen MR) is 117 cm³/mol. The molecule has 5 nitrogen and oxygen atoms in total. The van der Waals surface area contributed by atoms with E-state index in [4.69, 9.17) is 4.42 Å². The second kappa shape index (κ2) is 8.75. The van der Waals surface area contributed by atoms with Crippen LogP contribution >= 0.6 is 11.8 Å². The van der Waals surface area contributed by atoms with Crippen molar-refractivity contribution in [2.45, 2.75) is 5.75 Å². The van der Waals surface area contributed by atoms with Gasteiger partial charge < -0.3 is 9.73 Å². The summed E-state index contributed by atoms with van der Waals surface area (Å²) in [5.41, 5.74) is 2.72. The Morgan fingerprint density at radius 3 is 2.45 bits per heavy atom. The molecular formula is C23H18N2O3S. The molecule has 0 aliphatic rings. The maximum Gasteiger partial charge on any atom is 0.347 e. The number of thioether (sulfide) groups is 1. The fourth-order valence-corrected chi connectivity index (χ4v) is 3.66. The number of rotatable bonds is 6. The summed E-state index contributed by atoms with van der Waals surface area (Å²) < 4.78 is 5.34. The van der Waals surface area contributed by atoms with Crippen molar-refractivity contribution in [3.8, 4) is 11.5 Å². The molecule has 0 saturated heterocycles. The summed E-state index contributed by atoms with van der Waals surface area (Å²) >= 11 is 1.56. The molecule has 0 aliphatic heterocycles. The van der Waals surface area contributed by atoms with Gasteiger partial charge in [-0.2, -0.15) is 0 Å². The van der Waals surface area contributed by atoms with Crippen molar-refractivity contribution in [1.82, 2.24) is 4.98 Å². The van der Waals surface area contributed by atoms with Crippen molar-refractivity contribution in [3.05, 3.63) is 94.8 Å². The molecule has 1 amide bonds. The van der Waals surface area contributed by atoms with Crippen LogP contribution in [0.4, 0.5) is 5.69 Å². The highest BCUT2D eigenvalue weighted by atomic mass is 32.2. The Bertz CT molecular complexity index is 1190. The lowest BCUT2D eigenvalue weighted by molar-refractivity contribution is -0.113. The Balaban J connectivity index is 1.39. The minimum Gasteiger partial charge on any atom is -0.403 e. The number of nitrogens with zero attached hydrogens (tertiary/aromatic N) is 1. The highest BCUT2D eigenvalue weighted by molar-refractivity contribution is 7.99. The van der Waals surface area contributed by atoms with Gasteiger partial charge in [-0.05, 0) is 42.0 Å². The topological polar surface area (TPSA) is 72.2 Å². The van der Waals surface area contributed by atoms with Crippen molar-refractivity contribution >= 4 is 34.3 Å². The molecular weight excluding hydrogens is 384 g/mol. The number of carbonyl (C=O) groups excluding carboxylic acids is 1. The first kappa shape index (κ1) is 19.0. The third-order valence-corrected chi connectivity index (χ3v) is 5.30. The summed E-state index contributed by atoms with van der Waals surface area (Å²) in [5.74, 6) is 1.36. The number of benzene rings is 3. The molecule has 0 bridgehead atoms. The van der Waals surface area contributed by atoms with Gasteiger partial charge in [-0.25, -0.2) is 9.78 Å². The number of nitrogens with one attached hydrogen (secondary N) is 1. The number of aromatic nitrogens is 1. The highest BCUT2D eigenvalue weighted by Gasteiger charge is 2.09. The van der Waals surface area contributed by atoms with Crippen LogP contribution < -0.4 is 10.9 Å². The minimum atomic E-state index is -0.418. The molecule has 0 atom stereocenters. The van der Waals surface area contributed by atoms with Crippen LogP contribution in [0.5, 0.6) is 0 Å². The molecule has 0 spiro atoms. The molecule has 3 aromatic carbocycles. The van der Waals surface area contributed by atoms with Crippen LogP contribution in [0.3, 0.4) is 0 Å². The van der Waals surface area contributed by atoms with Crippen molar-refractivity contribution in [2.24, 2.45) is 0 Å². The molecule has 1 N–H and O–H groups in total. The van der Waals surface area contributed by atoms with Crippen LogP contribution in [0.1, 0.15) is 5.56 Å². The van der Waals surface area contributed by atoms with E-state index in [-0.39, 0.29) is 11.8 Å². The van der Waals surface area contributed by atoms with E-state index in [1.54, 1.807) is 54.2 Å². The molecule has 0 fully saturated rings. The van der Waals surface area contributed by atoms with Crippen LogP contribution in [0.2, 0.25) is 0 Å². The van der Waals surface area contributed by atoms with Crippen molar-refractivity contribution in [2.75, 3.05) is 11.1 Å². The van der Waals surface area contributed by atoms with Crippen LogP contribution in [-0.2, 0) is 10.5 Å². The molecule has 144 valence electrons. The first-order valence-corrected chi connectivity index (χ1v) is 10.3. The molecule has 4 rings (SSSR count). The van der Waals surface area contributed by atoms with E-state index in [0.29, 0.717) is 27.9 Å². The van der Waals surface area contributed by atoms with Crippen LogP contribution in [0.15, 0.2) is 88.1 Å². The van der Waals surface area contributed by atoms with Crippen molar-refractivity contribution in [3.63, 3.8) is 0 Å². The second-order valence-electron chi connectivity index (χ2n) is 6.43. The first-order valence-electron chi connectivity index (χ1n) is 9.11. The fourth-order valence-electron chi connectivity index (χ4n) is 2.87. The third kappa shape index (κ3) is 4.73. The van der Waals surface area contributed by atoms with Crippen LogP contribution in [-0.4, -0.2) is 16.6 Å². The number of amides is 1. The van der Waals surface area contributed by atoms with Gasteiger partial charge in [0.05, 0.1) is 16.7 Å². The normalized spacial score (nSPS) is 10.8. The highest BCUT2D eigenvalue weighted by Crippen LogP contribution is 2.21. The number of carbonyl (C=O) groups is 1. The largest absolute Gasteiger partial charge is 0.403 e. The zero-order valence-electron chi connectivity index (χ0n) is 15.5. The van der Waals surface area contributed by atoms with E-state index >= 15 is 0 Å². The van der Waals surface area contributed by atoms with E-state index in [9.17, 15) is 9.59 Å². The van der Waals surface area contributed by atoms with Gasteiger partial charge in [0.25, 0.3) is 0 Å². The fraction of sp³-hybridized carbons (Fsp3) is 0.0870. The standard InChI is InChI=1S/C23H18N2O3S/c26-21(15-29-14-16-6-2-1-3-7-16)24-18-12-10-17(11-13-18)22-25-20-9-5-4-8-19(20)23(27)28-22/h1-13H,14-15H2,(H,24,26). The van der Waals surface area contributed by atoms with E-state index < -0.39 is 5.63 Å². The van der Waals surface area contributed by atoms with E-state index in [1.807, 2.05) is 36.4 Å². The molecule has 0 unspecified atom stereocenters. The predicted octanol–water partition coefficient (Wildman–Crippen LogP) is 4.73. The quantitative estimate of drug-likeness (QED) is 0.505. The summed E-state index contributed by atoms with van der Waals surface area (Å²) in [6.07, 6.45) is 0. The van der Waals surface area contributed by atoms with Gasteiger partial charge in [0.1, 0.15) is 0 Å². The smallest absolute Gasteiger partial charge is 0.347 e. The van der Waals surface area contributed by atoms with Gasteiger partial charge in [-0.3, -0.25) is 4.79 Å². The zero-order chi connectivity index (χ0) is 20.1. The Morgan fingerprint density at radius 1 is 0.931 bits per heavy atom. The van der Waals surface area contributed by atoms with Gasteiger partial charge in [-0.1, -0.05) is 42.5 Å². The zero-order valence-corrected chi connectivity index (χ0v) is 16.3. The average molecular weight is 402 g/mol. The molecule has 4 aromatic rings. The van der Waals surface area contributed by atoms with Gasteiger partial charge in [0.15, 0.2) is 0 Å².